The number of hydrogen-bond donors (Lipinski definition) is 0. The van der Waals surface area contributed by atoms with Crippen molar-refractivity contribution in [2.24, 2.45) is 0 Å². The lowest BCUT2D eigenvalue weighted by molar-refractivity contribution is 0.418. The van der Waals surface area contributed by atoms with E-state index in [9.17, 15) is 0 Å². The van der Waals surface area contributed by atoms with Crippen LogP contribution in [0.4, 0.5) is 0 Å². The van der Waals surface area contributed by atoms with Crippen LogP contribution >= 0.6 is 0 Å². The Morgan fingerprint density at radius 1 is 1.42 bits per heavy atom. The van der Waals surface area contributed by atoms with Crippen molar-refractivity contribution >= 4 is 0 Å². The molecule has 0 aliphatic carbocycles. The van der Waals surface area contributed by atoms with Crippen LogP contribution in [0.5, 0.6) is 0 Å². The van der Waals surface area contributed by atoms with Crippen LogP contribution in [0.3, 0.4) is 0 Å². The van der Waals surface area contributed by atoms with Crippen LogP contribution in [0.25, 0.3) is 11.4 Å². The Hall–Kier alpha value is -1.71. The Bertz CT molecular complexity index is 370. The minimum Gasteiger partial charge on any atom is -0.342 e. The van der Waals surface area contributed by atoms with Gasteiger partial charge in [-0.25, -0.2) is 0 Å². The standard InChI is InChI=1S/C8H7N3O/c1-6-2-3-9-4-7(6)8-10-5-12-11-8/h2-5H,1H3. The van der Waals surface area contributed by atoms with Gasteiger partial charge in [0.25, 0.3) is 0 Å². The molecule has 0 aliphatic heterocycles. The van der Waals surface area contributed by atoms with Gasteiger partial charge in [-0.3, -0.25) is 4.98 Å². The average Bonchev–Trinajstić information content (AvgIpc) is 2.57. The fourth-order valence-electron chi connectivity index (χ4n) is 0.987. The first-order valence-corrected chi connectivity index (χ1v) is 3.55. The number of aryl methyl sites for hydroxylation is 1. The van der Waals surface area contributed by atoms with E-state index in [1.165, 1.54) is 6.39 Å². The molecule has 2 aromatic heterocycles. The third-order valence-corrected chi connectivity index (χ3v) is 1.64. The van der Waals surface area contributed by atoms with Gasteiger partial charge in [-0.1, -0.05) is 5.16 Å². The van der Waals surface area contributed by atoms with Crippen molar-refractivity contribution in [1.82, 2.24) is 15.1 Å². The zero-order valence-electron chi connectivity index (χ0n) is 6.56. The van der Waals surface area contributed by atoms with E-state index in [1.807, 2.05) is 13.0 Å². The van der Waals surface area contributed by atoms with Crippen molar-refractivity contribution in [2.45, 2.75) is 6.92 Å². The lowest BCUT2D eigenvalue weighted by atomic mass is 10.1. The van der Waals surface area contributed by atoms with Gasteiger partial charge in [0.1, 0.15) is 0 Å². The molecule has 4 nitrogen and oxygen atoms in total. The second-order valence-corrected chi connectivity index (χ2v) is 2.45. The van der Waals surface area contributed by atoms with Gasteiger partial charge in [-0.2, -0.15) is 4.98 Å². The van der Waals surface area contributed by atoms with Crippen molar-refractivity contribution < 1.29 is 4.52 Å². The zero-order valence-corrected chi connectivity index (χ0v) is 6.56. The van der Waals surface area contributed by atoms with Crippen LogP contribution in [0.15, 0.2) is 29.4 Å². The van der Waals surface area contributed by atoms with Crippen LogP contribution in [-0.2, 0) is 0 Å². The number of hydrogen-bond acceptors (Lipinski definition) is 4. The number of nitrogens with zero attached hydrogens (tertiary/aromatic N) is 3. The minimum absolute atomic E-state index is 0.584. The Labute approximate surface area is 69.3 Å². The van der Waals surface area contributed by atoms with Crippen LogP contribution in [-0.4, -0.2) is 15.1 Å². The summed E-state index contributed by atoms with van der Waals surface area (Å²) in [4.78, 5) is 7.91. The lowest BCUT2D eigenvalue weighted by Gasteiger charge is -1.96. The maximum absolute atomic E-state index is 4.64. The SMILES string of the molecule is Cc1ccncc1-c1ncon1. The first-order chi connectivity index (χ1) is 5.88. The molecule has 0 spiro atoms. The van der Waals surface area contributed by atoms with E-state index in [4.69, 9.17) is 0 Å². The molecule has 0 amide bonds. The van der Waals surface area contributed by atoms with Crippen molar-refractivity contribution in [1.29, 1.82) is 0 Å². The summed E-state index contributed by atoms with van der Waals surface area (Å²) in [5.74, 6) is 0.584. The summed E-state index contributed by atoms with van der Waals surface area (Å²) in [5.41, 5.74) is 2.00. The Balaban J connectivity index is 2.55. The normalized spacial score (nSPS) is 10.1. The topological polar surface area (TPSA) is 51.8 Å². The minimum atomic E-state index is 0.584. The first-order valence-electron chi connectivity index (χ1n) is 3.55. The highest BCUT2D eigenvalue weighted by atomic mass is 16.5. The van der Waals surface area contributed by atoms with Crippen LogP contribution in [0, 0.1) is 6.92 Å². The molecule has 0 bridgehead atoms. The average molecular weight is 161 g/mol. The number of rotatable bonds is 1. The van der Waals surface area contributed by atoms with E-state index in [0.717, 1.165) is 11.1 Å². The predicted molar refractivity (Wildman–Crippen MR) is 42.3 cm³/mol. The molecule has 0 radical (unpaired) electrons. The lowest BCUT2D eigenvalue weighted by Crippen LogP contribution is -1.85. The number of aromatic nitrogens is 3. The highest BCUT2D eigenvalue weighted by Crippen LogP contribution is 2.16. The van der Waals surface area contributed by atoms with Crippen LogP contribution in [0.2, 0.25) is 0 Å². The van der Waals surface area contributed by atoms with Gasteiger partial charge in [-0.15, -0.1) is 0 Å². The Morgan fingerprint density at radius 3 is 3.00 bits per heavy atom. The van der Waals surface area contributed by atoms with E-state index in [1.54, 1.807) is 12.4 Å². The molecule has 2 aromatic rings. The number of pyridine rings is 1. The van der Waals surface area contributed by atoms with E-state index < -0.39 is 0 Å². The van der Waals surface area contributed by atoms with Crippen molar-refractivity contribution in [3.8, 4) is 11.4 Å². The van der Waals surface area contributed by atoms with Gasteiger partial charge in [0, 0.05) is 18.0 Å². The van der Waals surface area contributed by atoms with Crippen molar-refractivity contribution in [3.63, 3.8) is 0 Å². The van der Waals surface area contributed by atoms with Crippen molar-refractivity contribution in [2.75, 3.05) is 0 Å². The molecular formula is C8H7N3O. The highest BCUT2D eigenvalue weighted by molar-refractivity contribution is 5.56. The Morgan fingerprint density at radius 2 is 2.33 bits per heavy atom. The van der Waals surface area contributed by atoms with Gasteiger partial charge in [-0.05, 0) is 18.6 Å². The quantitative estimate of drug-likeness (QED) is 0.635. The zero-order chi connectivity index (χ0) is 8.39. The fourth-order valence-corrected chi connectivity index (χ4v) is 0.987. The van der Waals surface area contributed by atoms with Gasteiger partial charge >= 0.3 is 0 Å². The summed E-state index contributed by atoms with van der Waals surface area (Å²) in [6, 6.07) is 1.91. The highest BCUT2D eigenvalue weighted by Gasteiger charge is 2.04. The summed E-state index contributed by atoms with van der Waals surface area (Å²) >= 11 is 0. The van der Waals surface area contributed by atoms with Gasteiger partial charge in [0.05, 0.1) is 0 Å². The third-order valence-electron chi connectivity index (χ3n) is 1.64. The summed E-state index contributed by atoms with van der Waals surface area (Å²) in [7, 11) is 0. The van der Waals surface area contributed by atoms with Gasteiger partial charge < -0.3 is 4.52 Å². The second-order valence-electron chi connectivity index (χ2n) is 2.45. The summed E-state index contributed by atoms with van der Waals surface area (Å²) in [6.45, 7) is 1.98. The molecule has 12 heavy (non-hydrogen) atoms. The summed E-state index contributed by atoms with van der Waals surface area (Å²) in [5, 5.41) is 3.72. The molecule has 0 saturated heterocycles. The summed E-state index contributed by atoms with van der Waals surface area (Å²) < 4.78 is 4.64. The second kappa shape index (κ2) is 2.73. The molecule has 0 unspecified atom stereocenters. The molecule has 2 heterocycles. The van der Waals surface area contributed by atoms with E-state index in [-0.39, 0.29) is 0 Å². The molecule has 0 fully saturated rings. The Kier molecular flexibility index (Phi) is 1.59. The summed E-state index contributed by atoms with van der Waals surface area (Å²) in [6.07, 6.45) is 4.76. The molecule has 4 heteroatoms. The molecule has 0 saturated carbocycles. The molecule has 0 N–H and O–H groups in total. The fraction of sp³-hybridized carbons (Fsp3) is 0.125. The molecule has 0 atom stereocenters. The largest absolute Gasteiger partial charge is 0.342 e. The van der Waals surface area contributed by atoms with Crippen molar-refractivity contribution in [3.05, 3.63) is 30.4 Å². The van der Waals surface area contributed by atoms with Crippen LogP contribution in [0.1, 0.15) is 5.56 Å². The maximum atomic E-state index is 4.64. The monoisotopic (exact) mass is 161 g/mol. The first kappa shape index (κ1) is 6.97. The third kappa shape index (κ3) is 1.07. The molecule has 60 valence electrons. The van der Waals surface area contributed by atoms with Crippen LogP contribution < -0.4 is 0 Å². The molecular weight excluding hydrogens is 154 g/mol. The maximum Gasteiger partial charge on any atom is 0.214 e. The van der Waals surface area contributed by atoms with E-state index in [0.29, 0.717) is 5.82 Å². The smallest absolute Gasteiger partial charge is 0.214 e. The predicted octanol–water partition coefficient (Wildman–Crippen LogP) is 1.44. The molecule has 0 aliphatic rings. The molecule has 2 rings (SSSR count). The van der Waals surface area contributed by atoms with E-state index >= 15 is 0 Å². The van der Waals surface area contributed by atoms with E-state index in [2.05, 4.69) is 19.6 Å². The molecule has 0 aromatic carbocycles. The van der Waals surface area contributed by atoms with Gasteiger partial charge in [0.2, 0.25) is 12.2 Å². The van der Waals surface area contributed by atoms with Gasteiger partial charge in [0.15, 0.2) is 0 Å².